The Labute approximate surface area is 222 Å². The van der Waals surface area contributed by atoms with Crippen molar-refractivity contribution in [1.82, 2.24) is 4.90 Å². The van der Waals surface area contributed by atoms with Crippen LogP contribution in [0.4, 0.5) is 0 Å². The summed E-state index contributed by atoms with van der Waals surface area (Å²) in [4.78, 5) is 26.3. The quantitative estimate of drug-likeness (QED) is 0.488. The lowest BCUT2D eigenvalue weighted by atomic mass is 9.43. The van der Waals surface area contributed by atoms with Crippen LogP contribution in [0.15, 0.2) is 0 Å². The highest BCUT2D eigenvalue weighted by atomic mass is 16.5. The van der Waals surface area contributed by atoms with E-state index in [-0.39, 0.29) is 35.0 Å². The van der Waals surface area contributed by atoms with E-state index in [1.165, 1.54) is 11.3 Å². The van der Waals surface area contributed by atoms with Gasteiger partial charge in [-0.3, -0.25) is 4.79 Å². The normalized spacial score (nSPS) is 48.2. The van der Waals surface area contributed by atoms with Crippen molar-refractivity contribution < 1.29 is 29.6 Å². The number of aliphatic hydroxyl groups is 2. The number of hydrogen-bond donors (Lipinski definition) is 3. The maximum atomic E-state index is 13.1. The summed E-state index contributed by atoms with van der Waals surface area (Å²) in [6.45, 7) is 7.56. The van der Waals surface area contributed by atoms with Gasteiger partial charge in [0.1, 0.15) is 6.04 Å². The highest BCUT2D eigenvalue weighted by Gasteiger charge is 2.62. The summed E-state index contributed by atoms with van der Waals surface area (Å²) in [6.07, 6.45) is 9.14. The predicted molar refractivity (Wildman–Crippen MR) is 140 cm³/mol. The first-order valence-corrected chi connectivity index (χ1v) is 14.9. The molecule has 5 rings (SSSR count). The Hall–Kier alpha value is -1.18. The number of carbonyl (C=O) groups excluding carboxylic acids is 1. The Kier molecular flexibility index (Phi) is 7.47. The lowest BCUT2D eigenvalue weighted by molar-refractivity contribution is -0.174. The van der Waals surface area contributed by atoms with Crippen LogP contribution in [0, 0.1) is 46.3 Å². The van der Waals surface area contributed by atoms with Crippen LogP contribution in [0.25, 0.3) is 0 Å². The molecule has 3 N–H and O–H groups in total. The number of ether oxygens (including phenoxy) is 1. The highest BCUT2D eigenvalue weighted by molar-refractivity contribution is 5.84. The molecule has 210 valence electrons. The van der Waals surface area contributed by atoms with Gasteiger partial charge in [-0.05, 0) is 104 Å². The topological polar surface area (TPSA) is 107 Å². The van der Waals surface area contributed by atoms with E-state index in [2.05, 4.69) is 20.8 Å². The van der Waals surface area contributed by atoms with Crippen molar-refractivity contribution in [2.75, 3.05) is 13.7 Å². The van der Waals surface area contributed by atoms with Gasteiger partial charge in [0.25, 0.3) is 0 Å². The zero-order valence-corrected chi connectivity index (χ0v) is 23.3. The van der Waals surface area contributed by atoms with Crippen molar-refractivity contribution >= 4 is 11.9 Å². The fourth-order valence-electron chi connectivity index (χ4n) is 10.3. The largest absolute Gasteiger partial charge is 0.480 e. The summed E-state index contributed by atoms with van der Waals surface area (Å²) in [5.74, 6) is 1.73. The zero-order chi connectivity index (χ0) is 26.7. The first-order valence-electron chi connectivity index (χ1n) is 14.9. The van der Waals surface area contributed by atoms with Crippen molar-refractivity contribution in [1.29, 1.82) is 0 Å². The number of rotatable bonds is 6. The van der Waals surface area contributed by atoms with Gasteiger partial charge in [0.15, 0.2) is 0 Å². The van der Waals surface area contributed by atoms with E-state index in [1.54, 1.807) is 7.11 Å². The van der Waals surface area contributed by atoms with Gasteiger partial charge in [0.05, 0.1) is 18.3 Å². The van der Waals surface area contributed by atoms with Crippen molar-refractivity contribution in [2.24, 2.45) is 46.3 Å². The molecule has 4 saturated carbocycles. The van der Waals surface area contributed by atoms with Crippen LogP contribution in [0.1, 0.15) is 91.4 Å². The van der Waals surface area contributed by atoms with E-state index >= 15 is 0 Å². The Bertz CT molecular complexity index is 880. The van der Waals surface area contributed by atoms with Crippen molar-refractivity contribution in [3.8, 4) is 0 Å². The number of aliphatic hydroxyl groups excluding tert-OH is 2. The third-order valence-electron chi connectivity index (χ3n) is 12.4. The minimum Gasteiger partial charge on any atom is -0.480 e. The van der Waals surface area contributed by atoms with Crippen LogP contribution in [-0.2, 0) is 14.3 Å². The number of amides is 1. The van der Waals surface area contributed by atoms with E-state index in [0.717, 1.165) is 51.4 Å². The molecule has 0 radical (unpaired) electrons. The maximum absolute atomic E-state index is 13.1. The molecule has 0 spiro atoms. The second-order valence-electron chi connectivity index (χ2n) is 14.0. The average Bonchev–Trinajstić information content (AvgIpc) is 3.45. The zero-order valence-electron chi connectivity index (χ0n) is 23.3. The number of methoxy groups -OCH3 is 1. The SMILES string of the molecule is CO[C@@H]1C[C@@H](C(=O)O)N(C(=O)CC[C@@H](C)[C@H]2CCC3C4C(CC[C@@]32C)[C@@]2(C)CC[C@@H](O)C[C@H]2C[C@@H]4O)C1. The molecule has 0 bridgehead atoms. The molecule has 37 heavy (non-hydrogen) atoms. The predicted octanol–water partition coefficient (Wildman–Crippen LogP) is 4.09. The van der Waals surface area contributed by atoms with Gasteiger partial charge >= 0.3 is 5.97 Å². The second-order valence-corrected chi connectivity index (χ2v) is 14.0. The first kappa shape index (κ1) is 27.4. The van der Waals surface area contributed by atoms with Crippen molar-refractivity contribution in [3.63, 3.8) is 0 Å². The van der Waals surface area contributed by atoms with Gasteiger partial charge < -0.3 is 25.0 Å². The third kappa shape index (κ3) is 4.55. The molecular weight excluding hydrogens is 470 g/mol. The number of nitrogens with zero attached hydrogens (tertiary/aromatic N) is 1. The van der Waals surface area contributed by atoms with Crippen LogP contribution in [0.5, 0.6) is 0 Å². The summed E-state index contributed by atoms with van der Waals surface area (Å²) in [5.41, 5.74) is 0.414. The van der Waals surface area contributed by atoms with Gasteiger partial charge in [0, 0.05) is 26.5 Å². The summed E-state index contributed by atoms with van der Waals surface area (Å²) in [5, 5.41) is 31.4. The molecular formula is C30H49NO6. The van der Waals surface area contributed by atoms with E-state index in [1.807, 2.05) is 0 Å². The van der Waals surface area contributed by atoms with Gasteiger partial charge in [-0.2, -0.15) is 0 Å². The van der Waals surface area contributed by atoms with Crippen LogP contribution >= 0.6 is 0 Å². The highest BCUT2D eigenvalue weighted by Crippen LogP contribution is 2.68. The third-order valence-corrected chi connectivity index (χ3v) is 12.4. The molecule has 0 aromatic rings. The Morgan fingerprint density at radius 2 is 1.70 bits per heavy atom. The molecule has 7 heteroatoms. The van der Waals surface area contributed by atoms with E-state index in [9.17, 15) is 24.9 Å². The molecule has 1 amide bonds. The number of carboxylic acid groups (broad SMARTS) is 1. The minimum atomic E-state index is -0.946. The summed E-state index contributed by atoms with van der Waals surface area (Å²) < 4.78 is 5.36. The van der Waals surface area contributed by atoms with Crippen molar-refractivity contribution in [3.05, 3.63) is 0 Å². The number of hydrogen-bond acceptors (Lipinski definition) is 5. The van der Waals surface area contributed by atoms with Crippen LogP contribution in [0.3, 0.4) is 0 Å². The molecule has 1 aliphatic heterocycles. The van der Waals surface area contributed by atoms with Crippen LogP contribution in [-0.4, -0.2) is 70.1 Å². The smallest absolute Gasteiger partial charge is 0.326 e. The molecule has 4 aliphatic carbocycles. The fourth-order valence-corrected chi connectivity index (χ4v) is 10.3. The Morgan fingerprint density at radius 3 is 2.41 bits per heavy atom. The number of likely N-dealkylation sites (tertiary alicyclic amines) is 1. The lowest BCUT2D eigenvalue weighted by Crippen LogP contribution is -2.58. The fraction of sp³-hybridized carbons (Fsp3) is 0.933. The number of carbonyl (C=O) groups is 2. The molecule has 3 unspecified atom stereocenters. The molecule has 5 fully saturated rings. The van der Waals surface area contributed by atoms with Crippen molar-refractivity contribution in [2.45, 2.75) is 116 Å². The average molecular weight is 520 g/mol. The number of fused-ring (bicyclic) bond motifs is 5. The summed E-state index contributed by atoms with van der Waals surface area (Å²) in [7, 11) is 1.58. The molecule has 12 atom stereocenters. The molecule has 1 saturated heterocycles. The van der Waals surface area contributed by atoms with Crippen LogP contribution in [0.2, 0.25) is 0 Å². The monoisotopic (exact) mass is 519 g/mol. The standard InChI is InChI=1S/C30H49NO6/c1-17(5-8-26(34)31-16-20(37-4)15-24(31)28(35)36)21-6-7-22-27-23(10-12-30(21,22)3)29(2)11-9-19(32)13-18(29)14-25(27)33/h17-25,27,32-33H,5-16H2,1-4H3,(H,35,36)/t17-,18+,19-,20-,21-,22?,23?,24+,25+,27?,29+,30-/m1/s1. The Balaban J connectivity index is 1.25. The second kappa shape index (κ2) is 10.1. The maximum Gasteiger partial charge on any atom is 0.326 e. The van der Waals surface area contributed by atoms with Crippen LogP contribution < -0.4 is 0 Å². The molecule has 1 heterocycles. The minimum absolute atomic E-state index is 0.0663. The number of aliphatic carboxylic acids is 1. The molecule has 0 aromatic carbocycles. The van der Waals surface area contributed by atoms with Gasteiger partial charge in [-0.1, -0.05) is 20.8 Å². The molecule has 5 aliphatic rings. The first-order chi connectivity index (χ1) is 17.5. The van der Waals surface area contributed by atoms with Gasteiger partial charge in [-0.25, -0.2) is 4.79 Å². The van der Waals surface area contributed by atoms with E-state index < -0.39 is 12.0 Å². The lowest BCUT2D eigenvalue weighted by Gasteiger charge is -2.62. The van der Waals surface area contributed by atoms with Gasteiger partial charge in [-0.15, -0.1) is 0 Å². The summed E-state index contributed by atoms with van der Waals surface area (Å²) in [6, 6.07) is -0.782. The Morgan fingerprint density at radius 1 is 1.00 bits per heavy atom. The molecule has 0 aromatic heterocycles. The number of carboxylic acids is 1. The summed E-state index contributed by atoms with van der Waals surface area (Å²) >= 11 is 0. The van der Waals surface area contributed by atoms with E-state index in [0.29, 0.717) is 54.9 Å². The van der Waals surface area contributed by atoms with Gasteiger partial charge in [0.2, 0.25) is 5.91 Å². The van der Waals surface area contributed by atoms with E-state index in [4.69, 9.17) is 4.74 Å². The molecule has 7 nitrogen and oxygen atoms in total.